The largest absolute Gasteiger partial charge is 0.196 e. The first-order valence-electron chi connectivity index (χ1n) is 21.2. The zero-order valence-electron chi connectivity index (χ0n) is 33.6. The second kappa shape index (κ2) is 23.7. The molecule has 0 radical (unpaired) electrons. The minimum Gasteiger partial charge on any atom is -0.0910 e. The van der Waals surface area contributed by atoms with Crippen molar-refractivity contribution < 1.29 is 4.70 Å². The van der Waals surface area contributed by atoms with Crippen LogP contribution in [0.3, 0.4) is 0 Å². The van der Waals surface area contributed by atoms with Crippen LogP contribution < -0.4 is 0 Å². The zero-order valence-corrected chi connectivity index (χ0v) is 33.6. The van der Waals surface area contributed by atoms with E-state index in [1.165, 1.54) is 140 Å². The second-order valence-electron chi connectivity index (χ2n) is 14.7. The van der Waals surface area contributed by atoms with Gasteiger partial charge in [-0.1, -0.05) is 176 Å². The van der Waals surface area contributed by atoms with E-state index in [-0.39, 0.29) is 0 Å². The topological polar surface area (TPSA) is 15.4 Å². The highest BCUT2D eigenvalue weighted by Gasteiger charge is 2.16. The quantitative estimate of drug-likeness (QED) is 0.0393. The first kappa shape index (κ1) is 41.0. The predicted octanol–water partition coefficient (Wildman–Crippen LogP) is 15.5. The van der Waals surface area contributed by atoms with Crippen LogP contribution >= 0.6 is 0 Å². The highest BCUT2D eigenvalue weighted by molar-refractivity contribution is 5.75. The molecule has 0 unspecified atom stereocenters. The van der Waals surface area contributed by atoms with Crippen molar-refractivity contribution in [3.05, 3.63) is 119 Å². The fraction of sp³-hybridized carbons (Fsp3) is 0.480. The third-order valence-corrected chi connectivity index (χ3v) is 10.5. The van der Waals surface area contributed by atoms with Gasteiger partial charge in [0.1, 0.15) is 5.69 Å². The molecule has 4 aromatic carbocycles. The summed E-state index contributed by atoms with van der Waals surface area (Å²) in [5, 5.41) is 5.26. The van der Waals surface area contributed by atoms with Gasteiger partial charge in [-0.15, -0.1) is 0 Å². The Morgan fingerprint density at radius 1 is 0.481 bits per heavy atom. The minimum atomic E-state index is 0.820. The van der Waals surface area contributed by atoms with Gasteiger partial charge >= 0.3 is 0 Å². The molecule has 0 saturated carbocycles. The van der Waals surface area contributed by atoms with E-state index in [0.717, 1.165) is 37.9 Å². The summed E-state index contributed by atoms with van der Waals surface area (Å²) in [4.78, 5) is 0. The Balaban J connectivity index is 1.67. The van der Waals surface area contributed by atoms with Gasteiger partial charge in [-0.2, -0.15) is 0 Å². The van der Waals surface area contributed by atoms with E-state index in [2.05, 4.69) is 137 Å². The maximum Gasteiger partial charge on any atom is 0.196 e. The van der Waals surface area contributed by atoms with Crippen molar-refractivity contribution in [2.45, 2.75) is 150 Å². The molecule has 0 saturated heterocycles. The molecule has 0 atom stereocenters. The fourth-order valence-corrected chi connectivity index (χ4v) is 7.61. The highest BCUT2D eigenvalue weighted by atomic mass is 15.2. The van der Waals surface area contributed by atoms with Crippen LogP contribution in [0.4, 0.5) is 5.69 Å². The van der Waals surface area contributed by atoms with Gasteiger partial charge in [-0.25, -0.2) is 0 Å². The number of benzene rings is 4. The second-order valence-corrected chi connectivity index (χ2v) is 14.7. The van der Waals surface area contributed by atoms with Gasteiger partial charge in [0.05, 0.1) is 0 Å². The molecule has 0 aliphatic rings. The first-order valence-corrected chi connectivity index (χ1v) is 21.2. The molecular weight excluding hydrogens is 629 g/mol. The van der Waals surface area contributed by atoms with Crippen molar-refractivity contribution in [3.8, 4) is 22.3 Å². The molecule has 4 rings (SSSR count). The van der Waals surface area contributed by atoms with Crippen LogP contribution in [-0.4, -0.2) is 11.2 Å². The summed E-state index contributed by atoms with van der Waals surface area (Å²) in [5.41, 5.74) is 13.8. The maximum absolute atomic E-state index is 5.26. The van der Waals surface area contributed by atoms with Gasteiger partial charge in [0.15, 0.2) is 12.7 Å². The molecule has 0 fully saturated rings. The smallest absolute Gasteiger partial charge is 0.0910 e. The Labute approximate surface area is 318 Å². The molecule has 2 nitrogen and oxygen atoms in total. The maximum atomic E-state index is 5.26. The molecule has 0 aliphatic heterocycles. The third-order valence-electron chi connectivity index (χ3n) is 10.5. The van der Waals surface area contributed by atoms with Crippen molar-refractivity contribution in [2.75, 3.05) is 6.54 Å². The highest BCUT2D eigenvalue weighted by Crippen LogP contribution is 2.35. The Hall–Kier alpha value is -3.78. The van der Waals surface area contributed by atoms with Crippen molar-refractivity contribution in [2.24, 2.45) is 5.11 Å². The summed E-state index contributed by atoms with van der Waals surface area (Å²) in [6.45, 7) is 12.2. The van der Waals surface area contributed by atoms with Crippen LogP contribution in [0.5, 0.6) is 0 Å². The van der Waals surface area contributed by atoms with E-state index in [1.54, 1.807) is 0 Å². The summed E-state index contributed by atoms with van der Waals surface area (Å²) in [6.07, 6.45) is 27.0. The van der Waals surface area contributed by atoms with Crippen molar-refractivity contribution in [1.29, 1.82) is 0 Å². The van der Waals surface area contributed by atoms with Crippen LogP contribution in [0, 0.1) is 0 Å². The number of hydrogen-bond donors (Lipinski definition) is 0. The standard InChI is InChI=1S/C50H69N2/c1-6-11-14-16-18-22-33-46-38-41(37-45(28-13-8-3)50(46)44-31-26-21-27-32-44)35-36-52(10-5)51-48-39-42(9-4)49(43-29-24-20-25-30-43)47(40-48)34-23-19-17-15-12-7-2/h20-21,24-27,29-32,35-40H,6-19,22-23,28,33-34H2,1-5H3/q+1. The van der Waals surface area contributed by atoms with Gasteiger partial charge in [-0.05, 0) is 119 Å². The number of aryl methyl sites for hydroxylation is 4. The molecular formula is C50H69N2+. The van der Waals surface area contributed by atoms with Crippen molar-refractivity contribution in [1.82, 2.24) is 0 Å². The van der Waals surface area contributed by atoms with Crippen LogP contribution in [-0.2, 0) is 25.7 Å². The first-order chi connectivity index (χ1) is 25.6. The third kappa shape index (κ3) is 13.0. The van der Waals surface area contributed by atoms with E-state index in [0.29, 0.717) is 0 Å². The van der Waals surface area contributed by atoms with E-state index < -0.39 is 0 Å². The number of nitrogens with zero attached hydrogens (tertiary/aromatic N) is 2. The lowest BCUT2D eigenvalue weighted by Crippen LogP contribution is -2.02. The summed E-state index contributed by atoms with van der Waals surface area (Å²) < 4.78 is 2.13. The predicted molar refractivity (Wildman–Crippen MR) is 228 cm³/mol. The lowest BCUT2D eigenvalue weighted by Gasteiger charge is -2.17. The average molecular weight is 698 g/mol. The molecule has 0 heterocycles. The SMILES string of the molecule is CCCCCCCCc1cc(N=[N+](C=Cc2cc(CCCC)c(-c3ccccc3)c(CCCCCCCC)c2)CC)cc(CC)c1-c1ccccc1. The Morgan fingerprint density at radius 3 is 1.42 bits per heavy atom. The molecule has 4 aromatic rings. The van der Waals surface area contributed by atoms with Crippen LogP contribution in [0.1, 0.15) is 152 Å². The van der Waals surface area contributed by atoms with Gasteiger partial charge in [0, 0.05) is 6.08 Å². The zero-order chi connectivity index (χ0) is 36.8. The molecule has 0 amide bonds. The lowest BCUT2D eigenvalue weighted by molar-refractivity contribution is -0.519. The van der Waals surface area contributed by atoms with Gasteiger partial charge < -0.3 is 0 Å². The monoisotopic (exact) mass is 698 g/mol. The van der Waals surface area contributed by atoms with Crippen LogP contribution in [0.2, 0.25) is 0 Å². The van der Waals surface area contributed by atoms with Crippen molar-refractivity contribution >= 4 is 11.8 Å². The number of azo groups is 2. The number of hydrogen-bond acceptors (Lipinski definition) is 1. The van der Waals surface area contributed by atoms with Gasteiger partial charge in [-0.3, -0.25) is 0 Å². The number of unbranched alkanes of at least 4 members (excludes halogenated alkanes) is 11. The number of rotatable bonds is 24. The Bertz CT molecular complexity index is 1650. The molecule has 278 valence electrons. The molecule has 0 N–H and O–H groups in total. The van der Waals surface area contributed by atoms with E-state index in [1.807, 2.05) is 0 Å². The molecule has 0 aromatic heterocycles. The Morgan fingerprint density at radius 2 is 0.923 bits per heavy atom. The Kier molecular flexibility index (Phi) is 18.7. The average Bonchev–Trinajstić information content (AvgIpc) is 3.18. The van der Waals surface area contributed by atoms with E-state index >= 15 is 0 Å². The summed E-state index contributed by atoms with van der Waals surface area (Å²) in [6, 6.07) is 31.8. The lowest BCUT2D eigenvalue weighted by atomic mass is 9.87. The molecule has 0 spiro atoms. The van der Waals surface area contributed by atoms with Crippen LogP contribution in [0.25, 0.3) is 28.3 Å². The van der Waals surface area contributed by atoms with E-state index in [9.17, 15) is 0 Å². The molecule has 52 heavy (non-hydrogen) atoms. The van der Waals surface area contributed by atoms with E-state index in [4.69, 9.17) is 5.11 Å². The minimum absolute atomic E-state index is 0.820. The summed E-state index contributed by atoms with van der Waals surface area (Å²) in [5.74, 6) is 0. The molecule has 0 bridgehead atoms. The van der Waals surface area contributed by atoms with Gasteiger partial charge in [0.2, 0.25) is 0 Å². The molecule has 2 heteroatoms. The summed E-state index contributed by atoms with van der Waals surface area (Å²) >= 11 is 0. The molecule has 0 aliphatic carbocycles. The van der Waals surface area contributed by atoms with Crippen molar-refractivity contribution in [3.63, 3.8) is 0 Å². The van der Waals surface area contributed by atoms with Crippen LogP contribution in [0.15, 0.2) is 96.2 Å². The fourth-order valence-electron chi connectivity index (χ4n) is 7.61. The normalized spacial score (nSPS) is 11.9. The van der Waals surface area contributed by atoms with Gasteiger partial charge in [0.25, 0.3) is 0 Å². The summed E-state index contributed by atoms with van der Waals surface area (Å²) in [7, 11) is 0.